The van der Waals surface area contributed by atoms with Gasteiger partial charge in [0.05, 0.1) is 18.5 Å². The minimum absolute atomic E-state index is 0.0647. The third-order valence-electron chi connectivity index (χ3n) is 6.42. The summed E-state index contributed by atoms with van der Waals surface area (Å²) >= 11 is 0. The summed E-state index contributed by atoms with van der Waals surface area (Å²) in [6.07, 6.45) is 5.63. The molecule has 0 atom stereocenters. The Morgan fingerprint density at radius 2 is 1.68 bits per heavy atom. The van der Waals surface area contributed by atoms with Crippen LogP contribution < -0.4 is 11.0 Å². The van der Waals surface area contributed by atoms with Crippen molar-refractivity contribution in [1.82, 2.24) is 19.7 Å². The second kappa shape index (κ2) is 11.7. The molecule has 0 unspecified atom stereocenters. The summed E-state index contributed by atoms with van der Waals surface area (Å²) in [5.41, 5.74) is 2.30. The average Bonchev–Trinajstić information content (AvgIpc) is 3.21. The highest BCUT2D eigenvalue weighted by Gasteiger charge is 2.18. The van der Waals surface area contributed by atoms with E-state index < -0.39 is 6.09 Å². The second-order valence-electron chi connectivity index (χ2n) is 9.03. The van der Waals surface area contributed by atoms with Gasteiger partial charge < -0.3 is 9.47 Å². The normalized spacial score (nSPS) is 13.7. The van der Waals surface area contributed by atoms with E-state index in [9.17, 15) is 14.4 Å². The van der Waals surface area contributed by atoms with Crippen molar-refractivity contribution in [3.63, 3.8) is 0 Å². The fraction of sp³-hybridized carbons (Fsp3) is 0.370. The number of carbonyl (C=O) groups is 2. The number of carbonyl (C=O) groups excluding carboxylic acids is 2. The molecule has 0 spiro atoms. The van der Waals surface area contributed by atoms with E-state index in [-0.39, 0.29) is 23.6 Å². The maximum Gasteiger partial charge on any atom is 0.412 e. The Balaban J connectivity index is 1.42. The molecule has 2 N–H and O–H groups in total. The number of aromatic nitrogens is 3. The number of hydrogen-bond acceptors (Lipinski definition) is 7. The van der Waals surface area contributed by atoms with Crippen molar-refractivity contribution in [1.29, 1.82) is 5.41 Å². The molecule has 0 radical (unpaired) electrons. The Kier molecular flexibility index (Phi) is 8.17. The number of amidine groups is 1. The number of alkyl carbamates (subject to hydrolysis) is 1. The summed E-state index contributed by atoms with van der Waals surface area (Å²) in [6, 6.07) is 14.0. The molecular formula is C27H31N5O5. The largest absolute Gasteiger partial charge is 0.462 e. The number of esters is 1. The number of ether oxygens (including phenoxy) is 2. The van der Waals surface area contributed by atoms with E-state index in [1.165, 1.54) is 22.8 Å². The Bertz CT molecular complexity index is 1320. The average molecular weight is 506 g/mol. The molecule has 1 aliphatic carbocycles. The number of amides is 1. The Morgan fingerprint density at radius 3 is 2.32 bits per heavy atom. The van der Waals surface area contributed by atoms with Crippen LogP contribution >= 0.6 is 0 Å². The molecule has 194 valence electrons. The molecular weight excluding hydrogens is 474 g/mol. The number of hydrogen-bond donors (Lipinski definition) is 2. The number of methoxy groups -OCH3 is 1. The first-order valence-electron chi connectivity index (χ1n) is 12.4. The first kappa shape index (κ1) is 25.9. The van der Waals surface area contributed by atoms with Gasteiger partial charge in [-0.05, 0) is 81.0 Å². The molecule has 2 aromatic carbocycles. The van der Waals surface area contributed by atoms with Crippen LogP contribution in [0, 0.1) is 12.3 Å². The van der Waals surface area contributed by atoms with E-state index in [0.717, 1.165) is 31.2 Å². The minimum atomic E-state index is -0.731. The van der Waals surface area contributed by atoms with Crippen LogP contribution in [-0.4, -0.2) is 45.5 Å². The van der Waals surface area contributed by atoms with Gasteiger partial charge in [-0.1, -0.05) is 18.6 Å². The first-order chi connectivity index (χ1) is 17.9. The van der Waals surface area contributed by atoms with Crippen LogP contribution in [0.1, 0.15) is 55.5 Å². The van der Waals surface area contributed by atoms with E-state index in [0.29, 0.717) is 35.6 Å². The zero-order valence-corrected chi connectivity index (χ0v) is 21.0. The maximum atomic E-state index is 13.2. The monoisotopic (exact) mass is 505 g/mol. The van der Waals surface area contributed by atoms with Gasteiger partial charge in [0.15, 0.2) is 0 Å². The van der Waals surface area contributed by atoms with Crippen molar-refractivity contribution < 1.29 is 19.1 Å². The molecule has 1 fully saturated rings. The Labute approximate surface area is 214 Å². The highest BCUT2D eigenvalue weighted by Crippen LogP contribution is 2.21. The molecule has 0 saturated heterocycles. The summed E-state index contributed by atoms with van der Waals surface area (Å²) in [6.45, 7) is 1.75. The molecule has 1 aromatic heterocycles. The van der Waals surface area contributed by atoms with Gasteiger partial charge in [-0.2, -0.15) is 4.68 Å². The van der Waals surface area contributed by atoms with Crippen LogP contribution in [-0.2, 0) is 20.7 Å². The standard InChI is InChI=1S/C27H31N5O5/c1-18-30-32(22-15-11-20(12-16-22)25(28)29-26(34)36-2)27(35)31(18)21-13-8-19(9-14-21)10-17-24(33)37-23-6-4-3-5-7-23/h8-9,11-16,23H,3-7,10,17H2,1-2H3,(H2,28,29,34). The molecule has 37 heavy (non-hydrogen) atoms. The van der Waals surface area contributed by atoms with Crippen LogP contribution in [0.5, 0.6) is 0 Å². The summed E-state index contributed by atoms with van der Waals surface area (Å²) < 4.78 is 12.9. The summed E-state index contributed by atoms with van der Waals surface area (Å²) in [5.74, 6) is 0.235. The van der Waals surface area contributed by atoms with E-state index in [2.05, 4.69) is 15.2 Å². The lowest BCUT2D eigenvalue weighted by molar-refractivity contribution is -0.150. The number of nitrogens with zero attached hydrogens (tertiary/aromatic N) is 3. The topological polar surface area (TPSA) is 128 Å². The van der Waals surface area contributed by atoms with Gasteiger partial charge in [0, 0.05) is 12.0 Å². The summed E-state index contributed by atoms with van der Waals surface area (Å²) in [5, 5.41) is 14.6. The molecule has 10 heteroatoms. The van der Waals surface area contributed by atoms with Crippen molar-refractivity contribution in [2.75, 3.05) is 7.11 Å². The Morgan fingerprint density at radius 1 is 1.03 bits per heavy atom. The zero-order valence-electron chi connectivity index (χ0n) is 21.0. The highest BCUT2D eigenvalue weighted by molar-refractivity contribution is 6.04. The maximum absolute atomic E-state index is 13.2. The van der Waals surface area contributed by atoms with Gasteiger partial charge in [-0.15, -0.1) is 5.10 Å². The fourth-order valence-corrected chi connectivity index (χ4v) is 4.41. The Hall–Kier alpha value is -4.21. The second-order valence-corrected chi connectivity index (χ2v) is 9.03. The fourth-order valence-electron chi connectivity index (χ4n) is 4.41. The molecule has 1 aliphatic rings. The third kappa shape index (κ3) is 6.32. The van der Waals surface area contributed by atoms with Gasteiger partial charge in [0.25, 0.3) is 0 Å². The molecule has 0 bridgehead atoms. The van der Waals surface area contributed by atoms with Crippen LogP contribution in [0.2, 0.25) is 0 Å². The third-order valence-corrected chi connectivity index (χ3v) is 6.42. The lowest BCUT2D eigenvalue weighted by atomic mass is 9.98. The molecule has 4 rings (SSSR count). The van der Waals surface area contributed by atoms with E-state index >= 15 is 0 Å². The lowest BCUT2D eigenvalue weighted by Gasteiger charge is -2.21. The quantitative estimate of drug-likeness (QED) is 0.285. The van der Waals surface area contributed by atoms with Crippen molar-refractivity contribution in [2.45, 2.75) is 58.0 Å². The van der Waals surface area contributed by atoms with Crippen LogP contribution in [0.15, 0.2) is 53.3 Å². The molecule has 10 nitrogen and oxygen atoms in total. The van der Waals surface area contributed by atoms with Gasteiger partial charge in [-0.3, -0.25) is 15.5 Å². The molecule has 0 aliphatic heterocycles. The molecule has 1 saturated carbocycles. The SMILES string of the molecule is COC(=O)NC(=N)c1ccc(-n2nc(C)n(-c3ccc(CCC(=O)OC4CCCCC4)cc3)c2=O)cc1. The molecule has 1 amide bonds. The van der Waals surface area contributed by atoms with Gasteiger partial charge in [0.1, 0.15) is 17.8 Å². The van der Waals surface area contributed by atoms with E-state index in [4.69, 9.17) is 10.1 Å². The molecule has 1 heterocycles. The highest BCUT2D eigenvalue weighted by atomic mass is 16.5. The zero-order chi connectivity index (χ0) is 26.4. The van der Waals surface area contributed by atoms with E-state index in [1.807, 2.05) is 24.3 Å². The van der Waals surface area contributed by atoms with E-state index in [1.54, 1.807) is 31.2 Å². The first-order valence-corrected chi connectivity index (χ1v) is 12.4. The number of nitrogens with one attached hydrogen (secondary N) is 2. The van der Waals surface area contributed by atoms with Gasteiger partial charge >= 0.3 is 17.8 Å². The lowest BCUT2D eigenvalue weighted by Crippen LogP contribution is -2.30. The molecule has 3 aromatic rings. The van der Waals surface area contributed by atoms with Crippen molar-refractivity contribution in [3.8, 4) is 11.4 Å². The van der Waals surface area contributed by atoms with Gasteiger partial charge in [0.2, 0.25) is 0 Å². The van der Waals surface area contributed by atoms with Crippen molar-refractivity contribution >= 4 is 17.9 Å². The van der Waals surface area contributed by atoms with Gasteiger partial charge in [-0.25, -0.2) is 14.2 Å². The van der Waals surface area contributed by atoms with Crippen molar-refractivity contribution in [3.05, 3.63) is 76.0 Å². The number of rotatable bonds is 7. The minimum Gasteiger partial charge on any atom is -0.462 e. The van der Waals surface area contributed by atoms with Crippen molar-refractivity contribution in [2.24, 2.45) is 0 Å². The predicted molar refractivity (Wildman–Crippen MR) is 138 cm³/mol. The van der Waals surface area contributed by atoms with Crippen LogP contribution in [0.3, 0.4) is 0 Å². The summed E-state index contributed by atoms with van der Waals surface area (Å²) in [7, 11) is 1.22. The number of aryl methyl sites for hydroxylation is 2. The number of benzene rings is 2. The summed E-state index contributed by atoms with van der Waals surface area (Å²) in [4.78, 5) is 36.7. The van der Waals surface area contributed by atoms with Crippen LogP contribution in [0.4, 0.5) is 4.79 Å². The smallest absolute Gasteiger partial charge is 0.412 e. The predicted octanol–water partition coefficient (Wildman–Crippen LogP) is 3.82. The van der Waals surface area contributed by atoms with Crippen LogP contribution in [0.25, 0.3) is 11.4 Å².